The highest BCUT2D eigenvalue weighted by molar-refractivity contribution is 8.15. The number of nitrogens with zero attached hydrogens (tertiary/aromatic N) is 1. The van der Waals surface area contributed by atoms with Crippen molar-refractivity contribution in [2.75, 3.05) is 7.11 Å². The van der Waals surface area contributed by atoms with Gasteiger partial charge >= 0.3 is 16.1 Å². The number of methoxy groups -OCH3 is 1. The fourth-order valence-corrected chi connectivity index (χ4v) is 3.78. The molecule has 0 fully saturated rings. The molecule has 0 bridgehead atoms. The summed E-state index contributed by atoms with van der Waals surface area (Å²) >= 11 is 1.94. The molecule has 0 amide bonds. The van der Waals surface area contributed by atoms with E-state index >= 15 is 0 Å². The number of oxime groups is 1. The monoisotopic (exact) mass is 357 g/mol. The summed E-state index contributed by atoms with van der Waals surface area (Å²) in [4.78, 5) is 12.4. The minimum Gasteiger partial charge on any atom is -0.464 e. The Hall–Kier alpha value is -1.84. The fraction of sp³-hybridized carbons (Fsp3) is 0.0769. The molecule has 2 aromatic rings. The van der Waals surface area contributed by atoms with E-state index in [1.165, 1.54) is 13.2 Å². The van der Waals surface area contributed by atoms with Crippen molar-refractivity contribution in [1.82, 2.24) is 0 Å². The Labute approximate surface area is 135 Å². The first-order valence-electron chi connectivity index (χ1n) is 5.89. The molecule has 116 valence electrons. The number of carbonyl (C=O) groups excluding carboxylic acids is 1. The van der Waals surface area contributed by atoms with E-state index in [-0.39, 0.29) is 9.25 Å². The van der Waals surface area contributed by atoms with Crippen LogP contribution in [0.15, 0.2) is 62.1 Å². The van der Waals surface area contributed by atoms with Gasteiger partial charge in [0, 0.05) is 4.90 Å². The maximum Gasteiger partial charge on any atom is 0.368 e. The molecule has 22 heavy (non-hydrogen) atoms. The third kappa shape index (κ3) is 4.33. The molecule has 0 aliphatic rings. The van der Waals surface area contributed by atoms with Crippen molar-refractivity contribution in [1.29, 1.82) is 0 Å². The van der Waals surface area contributed by atoms with Gasteiger partial charge in [0.25, 0.3) is 0 Å². The van der Waals surface area contributed by atoms with E-state index in [1.54, 1.807) is 35.7 Å². The highest BCUT2D eigenvalue weighted by Crippen LogP contribution is 2.22. The first-order chi connectivity index (χ1) is 10.5. The minimum atomic E-state index is -4.04. The largest absolute Gasteiger partial charge is 0.464 e. The van der Waals surface area contributed by atoms with E-state index in [0.29, 0.717) is 4.90 Å². The predicted octanol–water partition coefficient (Wildman–Crippen LogP) is 2.73. The van der Waals surface area contributed by atoms with Gasteiger partial charge in [-0.25, -0.2) is 4.79 Å². The average Bonchev–Trinajstić information content (AvgIpc) is 3.07. The van der Waals surface area contributed by atoms with E-state index in [2.05, 4.69) is 14.2 Å². The number of rotatable bonds is 4. The quantitative estimate of drug-likeness (QED) is 0.275. The Morgan fingerprint density at radius 2 is 1.91 bits per heavy atom. The van der Waals surface area contributed by atoms with E-state index in [9.17, 15) is 13.2 Å². The number of thiophene rings is 1. The highest BCUT2D eigenvalue weighted by atomic mass is 32.3. The molecule has 0 saturated carbocycles. The van der Waals surface area contributed by atoms with Crippen LogP contribution in [0.3, 0.4) is 0 Å². The van der Waals surface area contributed by atoms with Crippen LogP contribution in [-0.2, 0) is 23.9 Å². The average molecular weight is 357 g/mol. The van der Waals surface area contributed by atoms with Gasteiger partial charge in [0.2, 0.25) is 5.04 Å². The molecule has 0 radical (unpaired) electrons. The molecule has 0 saturated heterocycles. The lowest BCUT2D eigenvalue weighted by Crippen LogP contribution is -2.14. The van der Waals surface area contributed by atoms with Gasteiger partial charge in [-0.3, -0.25) is 4.28 Å². The summed E-state index contributed by atoms with van der Waals surface area (Å²) < 4.78 is 32.9. The van der Waals surface area contributed by atoms with Gasteiger partial charge in [0.1, 0.15) is 0 Å². The molecule has 0 spiro atoms. The fourth-order valence-electron chi connectivity index (χ4n) is 1.31. The van der Waals surface area contributed by atoms with Crippen LogP contribution in [-0.4, -0.2) is 26.5 Å². The van der Waals surface area contributed by atoms with Crippen LogP contribution < -0.4 is 0 Å². The number of carbonyl (C=O) groups is 1. The molecule has 0 aliphatic heterocycles. The number of hydrogen-bond acceptors (Lipinski definition) is 8. The normalized spacial score (nSPS) is 12.0. The third-order valence-corrected chi connectivity index (χ3v) is 5.68. The van der Waals surface area contributed by atoms with Crippen LogP contribution in [0.1, 0.15) is 0 Å². The van der Waals surface area contributed by atoms with Gasteiger partial charge in [0.05, 0.1) is 7.11 Å². The molecular formula is C13H11NO5S3. The van der Waals surface area contributed by atoms with Gasteiger partial charge in [-0.05, 0) is 28.7 Å². The summed E-state index contributed by atoms with van der Waals surface area (Å²) in [5.74, 6) is -0.782. The molecular weight excluding hydrogens is 346 g/mol. The van der Waals surface area contributed by atoms with Crippen molar-refractivity contribution in [2.45, 2.75) is 9.10 Å². The summed E-state index contributed by atoms with van der Waals surface area (Å²) in [6, 6.07) is 11.8. The van der Waals surface area contributed by atoms with Crippen molar-refractivity contribution in [3.8, 4) is 0 Å². The van der Waals surface area contributed by atoms with Crippen LogP contribution >= 0.6 is 23.1 Å². The van der Waals surface area contributed by atoms with Gasteiger partial charge < -0.3 is 4.74 Å². The molecule has 1 aromatic carbocycles. The zero-order valence-electron chi connectivity index (χ0n) is 11.3. The summed E-state index contributed by atoms with van der Waals surface area (Å²) in [6.45, 7) is 0. The molecule has 2 rings (SSSR count). The molecule has 0 aliphatic carbocycles. The number of hydrogen-bond donors (Lipinski definition) is 0. The van der Waals surface area contributed by atoms with Crippen molar-refractivity contribution < 1.29 is 22.2 Å². The summed E-state index contributed by atoms with van der Waals surface area (Å²) in [5.41, 5.74) is 0. The highest BCUT2D eigenvalue weighted by Gasteiger charge is 2.20. The zero-order chi connectivity index (χ0) is 16.0. The Morgan fingerprint density at radius 1 is 1.18 bits per heavy atom. The Morgan fingerprint density at radius 3 is 2.50 bits per heavy atom. The lowest BCUT2D eigenvalue weighted by atomic mass is 10.4. The van der Waals surface area contributed by atoms with Gasteiger partial charge in [0.15, 0.2) is 4.21 Å². The van der Waals surface area contributed by atoms with E-state index < -0.39 is 16.1 Å². The minimum absolute atomic E-state index is 0.00479. The molecule has 6 nitrogen and oxygen atoms in total. The second kappa shape index (κ2) is 7.43. The number of thioether (sulfide) groups is 1. The molecule has 0 N–H and O–H groups in total. The van der Waals surface area contributed by atoms with Crippen LogP contribution in [0.4, 0.5) is 0 Å². The van der Waals surface area contributed by atoms with Gasteiger partial charge in [-0.1, -0.05) is 36.0 Å². The van der Waals surface area contributed by atoms with Crippen LogP contribution in [0.5, 0.6) is 0 Å². The SMILES string of the molecule is COC(=O)C(=NOS(=O)(=O)c1cccs1)Sc1ccccc1. The number of ether oxygens (including phenoxy) is 1. The maximum absolute atomic E-state index is 11.9. The number of benzene rings is 1. The van der Waals surface area contributed by atoms with Crippen molar-refractivity contribution >= 4 is 44.2 Å². The Kier molecular flexibility index (Phi) is 5.58. The standard InChI is InChI=1S/C13H11NO5S3/c1-18-13(15)12(21-10-6-3-2-4-7-10)14-19-22(16,17)11-8-5-9-20-11/h2-9H,1H3. The maximum atomic E-state index is 11.9. The summed E-state index contributed by atoms with van der Waals surface area (Å²) in [7, 11) is -2.86. The van der Waals surface area contributed by atoms with Crippen molar-refractivity contribution in [2.24, 2.45) is 5.16 Å². The zero-order valence-corrected chi connectivity index (χ0v) is 13.8. The molecule has 0 atom stereocenters. The first kappa shape index (κ1) is 16.5. The van der Waals surface area contributed by atoms with E-state index in [1.807, 2.05) is 6.07 Å². The Bertz CT molecular complexity index is 754. The topological polar surface area (TPSA) is 82.0 Å². The second-order valence-corrected chi connectivity index (χ2v) is 7.53. The summed E-state index contributed by atoms with van der Waals surface area (Å²) in [5, 5.41) is 4.82. The van der Waals surface area contributed by atoms with Crippen molar-refractivity contribution in [3.05, 3.63) is 47.8 Å². The van der Waals surface area contributed by atoms with Crippen LogP contribution in [0.25, 0.3) is 0 Å². The number of esters is 1. The first-order valence-corrected chi connectivity index (χ1v) is 9.00. The van der Waals surface area contributed by atoms with E-state index in [0.717, 1.165) is 23.1 Å². The third-order valence-electron chi connectivity index (χ3n) is 2.28. The predicted molar refractivity (Wildman–Crippen MR) is 84.3 cm³/mol. The van der Waals surface area contributed by atoms with Crippen LogP contribution in [0, 0.1) is 0 Å². The molecule has 0 unspecified atom stereocenters. The molecule has 9 heteroatoms. The van der Waals surface area contributed by atoms with Crippen LogP contribution in [0.2, 0.25) is 0 Å². The second-order valence-electron chi connectivity index (χ2n) is 3.76. The molecule has 1 heterocycles. The lowest BCUT2D eigenvalue weighted by molar-refractivity contribution is -0.132. The van der Waals surface area contributed by atoms with Crippen molar-refractivity contribution in [3.63, 3.8) is 0 Å². The molecule has 1 aromatic heterocycles. The Balaban J connectivity index is 2.21. The van der Waals surface area contributed by atoms with E-state index in [4.69, 9.17) is 0 Å². The smallest absolute Gasteiger partial charge is 0.368 e. The summed E-state index contributed by atoms with van der Waals surface area (Å²) in [6.07, 6.45) is 0. The van der Waals surface area contributed by atoms with Gasteiger partial charge in [-0.2, -0.15) is 8.42 Å². The lowest BCUT2D eigenvalue weighted by Gasteiger charge is -2.04. The van der Waals surface area contributed by atoms with Gasteiger partial charge in [-0.15, -0.1) is 11.3 Å².